The second-order valence-electron chi connectivity index (χ2n) is 7.32. The molecule has 1 N–H and O–H groups in total. The summed E-state index contributed by atoms with van der Waals surface area (Å²) >= 11 is 5.62. The summed E-state index contributed by atoms with van der Waals surface area (Å²) in [5.74, 6) is 0.921. The van der Waals surface area contributed by atoms with Crippen molar-refractivity contribution in [3.8, 4) is 0 Å². The minimum Gasteiger partial charge on any atom is -0.389 e. The van der Waals surface area contributed by atoms with Gasteiger partial charge in [-0.05, 0) is 18.8 Å². The Bertz CT molecular complexity index is 236. The van der Waals surface area contributed by atoms with Crippen LogP contribution in [0.15, 0.2) is 0 Å². The standard InChI is InChI=1S/C21H43ClO2/c1-3-5-7-9-10-12-14-16-20(15-13-11-8-6-4-2)18-24-19-21(23)17-22/h20-21,23H,3-19H2,1-2H3/t20-,21-/m0/s1. The van der Waals surface area contributed by atoms with E-state index in [4.69, 9.17) is 16.3 Å². The Hall–Kier alpha value is 0.210. The third kappa shape index (κ3) is 17.0. The molecule has 0 aromatic rings. The van der Waals surface area contributed by atoms with Crippen molar-refractivity contribution in [2.24, 2.45) is 5.92 Å². The van der Waals surface area contributed by atoms with Gasteiger partial charge in [-0.15, -0.1) is 11.6 Å². The fourth-order valence-electron chi connectivity index (χ4n) is 3.15. The summed E-state index contributed by atoms with van der Waals surface area (Å²) in [6.45, 7) is 5.70. The van der Waals surface area contributed by atoms with Crippen molar-refractivity contribution in [2.75, 3.05) is 19.1 Å². The van der Waals surface area contributed by atoms with Crippen LogP contribution in [0.25, 0.3) is 0 Å². The predicted octanol–water partition coefficient (Wildman–Crippen LogP) is 6.72. The normalized spacial score (nSPS) is 14.0. The van der Waals surface area contributed by atoms with Crippen molar-refractivity contribution in [1.82, 2.24) is 0 Å². The fourth-order valence-corrected chi connectivity index (χ4v) is 3.24. The molecule has 0 fully saturated rings. The fraction of sp³-hybridized carbons (Fsp3) is 1.00. The first kappa shape index (κ1) is 24.2. The minimum atomic E-state index is -0.518. The van der Waals surface area contributed by atoms with Crippen LogP contribution in [0.4, 0.5) is 0 Å². The first-order valence-electron chi connectivity index (χ1n) is 10.6. The molecule has 146 valence electrons. The topological polar surface area (TPSA) is 29.5 Å². The van der Waals surface area contributed by atoms with Gasteiger partial charge >= 0.3 is 0 Å². The molecule has 0 saturated heterocycles. The number of unbranched alkanes of at least 4 members (excludes halogenated alkanes) is 10. The Labute approximate surface area is 156 Å². The van der Waals surface area contributed by atoms with E-state index in [1.807, 2.05) is 0 Å². The molecule has 0 amide bonds. The number of rotatable bonds is 19. The van der Waals surface area contributed by atoms with Crippen LogP contribution in [-0.4, -0.2) is 30.3 Å². The van der Waals surface area contributed by atoms with Gasteiger partial charge in [-0.2, -0.15) is 0 Å². The maximum atomic E-state index is 9.50. The smallest absolute Gasteiger partial charge is 0.0908 e. The third-order valence-electron chi connectivity index (χ3n) is 4.77. The van der Waals surface area contributed by atoms with Crippen molar-refractivity contribution in [3.63, 3.8) is 0 Å². The van der Waals surface area contributed by atoms with Crippen LogP contribution in [0.2, 0.25) is 0 Å². The van der Waals surface area contributed by atoms with E-state index in [0.717, 1.165) is 6.61 Å². The largest absolute Gasteiger partial charge is 0.389 e. The number of aliphatic hydroxyl groups is 1. The van der Waals surface area contributed by atoms with Gasteiger partial charge in [0.15, 0.2) is 0 Å². The second kappa shape index (κ2) is 19.5. The van der Waals surface area contributed by atoms with E-state index < -0.39 is 6.10 Å². The van der Waals surface area contributed by atoms with Crippen molar-refractivity contribution < 1.29 is 9.84 Å². The van der Waals surface area contributed by atoms with Gasteiger partial charge in [-0.3, -0.25) is 0 Å². The van der Waals surface area contributed by atoms with Crippen LogP contribution in [0, 0.1) is 5.92 Å². The maximum absolute atomic E-state index is 9.50. The van der Waals surface area contributed by atoms with Crippen LogP contribution in [0.5, 0.6) is 0 Å². The van der Waals surface area contributed by atoms with Gasteiger partial charge in [0.1, 0.15) is 0 Å². The molecule has 0 aromatic carbocycles. The zero-order valence-electron chi connectivity index (χ0n) is 16.4. The van der Waals surface area contributed by atoms with E-state index in [9.17, 15) is 5.11 Å². The number of ether oxygens (including phenoxy) is 1. The van der Waals surface area contributed by atoms with E-state index >= 15 is 0 Å². The molecule has 0 bridgehead atoms. The van der Waals surface area contributed by atoms with E-state index in [1.165, 1.54) is 89.9 Å². The monoisotopic (exact) mass is 362 g/mol. The first-order valence-corrected chi connectivity index (χ1v) is 11.1. The quantitative estimate of drug-likeness (QED) is 0.204. The van der Waals surface area contributed by atoms with Gasteiger partial charge in [0.25, 0.3) is 0 Å². The lowest BCUT2D eigenvalue weighted by molar-refractivity contribution is 0.0269. The highest BCUT2D eigenvalue weighted by Gasteiger charge is 2.10. The summed E-state index contributed by atoms with van der Waals surface area (Å²) in [5.41, 5.74) is 0. The van der Waals surface area contributed by atoms with E-state index in [2.05, 4.69) is 13.8 Å². The highest BCUT2D eigenvalue weighted by Crippen LogP contribution is 2.19. The Kier molecular flexibility index (Phi) is 19.7. The maximum Gasteiger partial charge on any atom is 0.0908 e. The van der Waals surface area contributed by atoms with Crippen LogP contribution in [0.3, 0.4) is 0 Å². The van der Waals surface area contributed by atoms with E-state index in [1.54, 1.807) is 0 Å². The Morgan fingerprint density at radius 3 is 1.62 bits per heavy atom. The zero-order chi connectivity index (χ0) is 17.9. The Morgan fingerprint density at radius 1 is 0.708 bits per heavy atom. The van der Waals surface area contributed by atoms with E-state index in [-0.39, 0.29) is 5.88 Å². The third-order valence-corrected chi connectivity index (χ3v) is 5.13. The molecular formula is C21H43ClO2. The Morgan fingerprint density at radius 2 is 1.17 bits per heavy atom. The average molecular weight is 363 g/mol. The van der Waals surface area contributed by atoms with Gasteiger partial charge in [0.2, 0.25) is 0 Å². The van der Waals surface area contributed by atoms with Crippen molar-refractivity contribution in [3.05, 3.63) is 0 Å². The molecule has 2 atom stereocenters. The summed E-state index contributed by atoms with van der Waals surface area (Å²) in [7, 11) is 0. The molecule has 0 rings (SSSR count). The molecule has 0 radical (unpaired) electrons. The number of alkyl halides is 1. The average Bonchev–Trinajstić information content (AvgIpc) is 2.59. The molecule has 2 nitrogen and oxygen atoms in total. The Balaban J connectivity index is 3.80. The van der Waals surface area contributed by atoms with Gasteiger partial charge < -0.3 is 9.84 Å². The molecule has 0 aliphatic heterocycles. The van der Waals surface area contributed by atoms with Gasteiger partial charge in [-0.1, -0.05) is 90.9 Å². The summed E-state index contributed by atoms with van der Waals surface area (Å²) in [6, 6.07) is 0. The molecule has 3 heteroatoms. The minimum absolute atomic E-state index is 0.263. The van der Waals surface area contributed by atoms with E-state index in [0.29, 0.717) is 12.5 Å². The summed E-state index contributed by atoms with van der Waals surface area (Å²) in [4.78, 5) is 0. The summed E-state index contributed by atoms with van der Waals surface area (Å²) in [5, 5.41) is 9.50. The molecule has 24 heavy (non-hydrogen) atoms. The molecular weight excluding hydrogens is 320 g/mol. The molecule has 0 aliphatic carbocycles. The molecule has 0 heterocycles. The zero-order valence-corrected chi connectivity index (χ0v) is 17.2. The lowest BCUT2D eigenvalue weighted by Gasteiger charge is -2.18. The summed E-state index contributed by atoms with van der Waals surface area (Å²) < 4.78 is 5.70. The second-order valence-corrected chi connectivity index (χ2v) is 7.63. The van der Waals surface area contributed by atoms with Crippen LogP contribution in [-0.2, 0) is 4.74 Å². The highest BCUT2D eigenvalue weighted by molar-refractivity contribution is 6.18. The number of hydrogen-bond donors (Lipinski definition) is 1. The number of halogens is 1. The van der Waals surface area contributed by atoms with Crippen molar-refractivity contribution in [1.29, 1.82) is 0 Å². The lowest BCUT2D eigenvalue weighted by Crippen LogP contribution is -2.20. The van der Waals surface area contributed by atoms with Gasteiger partial charge in [0.05, 0.1) is 18.6 Å². The highest BCUT2D eigenvalue weighted by atomic mass is 35.5. The van der Waals surface area contributed by atoms with Crippen molar-refractivity contribution >= 4 is 11.6 Å². The molecule has 0 spiro atoms. The van der Waals surface area contributed by atoms with Crippen LogP contribution >= 0.6 is 11.6 Å². The van der Waals surface area contributed by atoms with Crippen LogP contribution < -0.4 is 0 Å². The van der Waals surface area contributed by atoms with Gasteiger partial charge in [0, 0.05) is 6.61 Å². The lowest BCUT2D eigenvalue weighted by atomic mass is 9.95. The number of hydrogen-bond acceptors (Lipinski definition) is 2. The SMILES string of the molecule is CCCCCCCCC[C@H](CCCCCCC)COC[C@@H](O)CCl. The summed E-state index contributed by atoms with van der Waals surface area (Å²) in [6.07, 6.45) is 18.3. The van der Waals surface area contributed by atoms with Gasteiger partial charge in [-0.25, -0.2) is 0 Å². The predicted molar refractivity (Wildman–Crippen MR) is 107 cm³/mol. The molecule has 0 aliphatic rings. The molecule has 0 aromatic heterocycles. The first-order chi connectivity index (χ1) is 11.7. The molecule has 0 unspecified atom stereocenters. The number of aliphatic hydroxyl groups excluding tert-OH is 1. The van der Waals surface area contributed by atoms with Crippen molar-refractivity contribution in [2.45, 2.75) is 110 Å². The molecule has 0 saturated carbocycles. The van der Waals surface area contributed by atoms with Crippen LogP contribution in [0.1, 0.15) is 104 Å².